The van der Waals surface area contributed by atoms with Gasteiger partial charge in [-0.05, 0) is 36.1 Å². The zero-order valence-electron chi connectivity index (χ0n) is 11.3. The molecule has 1 atom stereocenters. The molecule has 0 bridgehead atoms. The fourth-order valence-corrected chi connectivity index (χ4v) is 2.29. The maximum atomic E-state index is 11.5. The molecule has 1 rings (SSSR count). The third kappa shape index (κ3) is 7.22. The topological polar surface area (TPSA) is 58.2 Å². The minimum Gasteiger partial charge on any atom is -0.337 e. The largest absolute Gasteiger partial charge is 0.337 e. The van der Waals surface area contributed by atoms with E-state index in [1.807, 2.05) is 36.0 Å². The first-order chi connectivity index (χ1) is 9.11. The summed E-state index contributed by atoms with van der Waals surface area (Å²) in [4.78, 5) is 11.5. The number of urea groups is 1. The molecule has 2 amide bonds. The lowest BCUT2D eigenvalue weighted by molar-refractivity contribution is 0.252. The first-order valence-electron chi connectivity index (χ1n) is 6.04. The van der Waals surface area contributed by atoms with Crippen LogP contribution in [0, 0.1) is 0 Å². The van der Waals surface area contributed by atoms with Gasteiger partial charge in [0.1, 0.15) is 0 Å². The van der Waals surface area contributed by atoms with Gasteiger partial charge in [-0.2, -0.15) is 11.8 Å². The molecule has 0 aliphatic carbocycles. The highest BCUT2D eigenvalue weighted by atomic mass is 32.2. The van der Waals surface area contributed by atoms with E-state index < -0.39 is 10.8 Å². The van der Waals surface area contributed by atoms with Crippen molar-refractivity contribution >= 4 is 34.3 Å². The van der Waals surface area contributed by atoms with Gasteiger partial charge in [-0.25, -0.2) is 4.79 Å². The Morgan fingerprint density at radius 2 is 2.00 bits per heavy atom. The van der Waals surface area contributed by atoms with E-state index in [0.717, 1.165) is 17.9 Å². The third-order valence-electron chi connectivity index (χ3n) is 2.48. The molecule has 0 saturated heterocycles. The Labute approximate surface area is 121 Å². The van der Waals surface area contributed by atoms with Crippen molar-refractivity contribution in [2.24, 2.45) is 0 Å². The molecule has 1 aromatic rings. The molecule has 0 heterocycles. The number of aryl methyl sites for hydroxylation is 1. The molecule has 6 heteroatoms. The second-order valence-corrected chi connectivity index (χ2v) is 6.64. The van der Waals surface area contributed by atoms with Crippen molar-refractivity contribution in [3.05, 3.63) is 29.8 Å². The maximum Gasteiger partial charge on any atom is 0.319 e. The smallest absolute Gasteiger partial charge is 0.319 e. The first-order valence-corrected chi connectivity index (χ1v) is 9.16. The fraction of sp³-hybridized carbons (Fsp3) is 0.462. The third-order valence-corrected chi connectivity index (χ3v) is 3.87. The average Bonchev–Trinajstić information content (AvgIpc) is 2.37. The van der Waals surface area contributed by atoms with Crippen molar-refractivity contribution in [3.8, 4) is 0 Å². The summed E-state index contributed by atoms with van der Waals surface area (Å²) >= 11 is 1.82. The molecule has 0 aliphatic rings. The number of anilines is 1. The van der Waals surface area contributed by atoms with Crippen molar-refractivity contribution < 1.29 is 9.00 Å². The number of carbonyl (C=O) groups is 1. The van der Waals surface area contributed by atoms with Crippen LogP contribution in [0.25, 0.3) is 0 Å². The van der Waals surface area contributed by atoms with Gasteiger partial charge >= 0.3 is 6.03 Å². The highest BCUT2D eigenvalue weighted by molar-refractivity contribution is 7.98. The number of hydrogen-bond donors (Lipinski definition) is 2. The molecule has 2 N–H and O–H groups in total. The molecule has 1 aromatic carbocycles. The van der Waals surface area contributed by atoms with Crippen molar-refractivity contribution in [2.45, 2.75) is 6.42 Å². The van der Waals surface area contributed by atoms with Gasteiger partial charge in [0.05, 0.1) is 0 Å². The first kappa shape index (κ1) is 16.0. The molecule has 0 aliphatic heterocycles. The standard InChI is InChI=1S/C13H20N2O2S2/c1-18-9-7-11-3-5-12(6-4-11)15-13(16)14-8-10-19(2)17/h3-6H,7-10H2,1-2H3,(H2,14,15,16)/t19-/m1/s1. The van der Waals surface area contributed by atoms with Crippen LogP contribution in [0.4, 0.5) is 10.5 Å². The van der Waals surface area contributed by atoms with E-state index in [1.165, 1.54) is 5.56 Å². The highest BCUT2D eigenvalue weighted by Crippen LogP contribution is 2.11. The SMILES string of the molecule is CSCCc1ccc(NC(=O)NCC[S@@](C)=O)cc1. The summed E-state index contributed by atoms with van der Waals surface area (Å²) in [6.45, 7) is 0.417. The number of benzene rings is 1. The average molecular weight is 300 g/mol. The van der Waals surface area contributed by atoms with E-state index in [9.17, 15) is 9.00 Å². The summed E-state index contributed by atoms with van der Waals surface area (Å²) in [5.41, 5.74) is 2.03. The lowest BCUT2D eigenvalue weighted by Gasteiger charge is -2.07. The number of rotatable bonds is 7. The fourth-order valence-electron chi connectivity index (χ4n) is 1.46. The zero-order chi connectivity index (χ0) is 14.1. The zero-order valence-corrected chi connectivity index (χ0v) is 12.9. The predicted molar refractivity (Wildman–Crippen MR) is 84.5 cm³/mol. The molecule has 4 nitrogen and oxygen atoms in total. The van der Waals surface area contributed by atoms with Gasteiger partial charge in [-0.3, -0.25) is 4.21 Å². The van der Waals surface area contributed by atoms with Crippen LogP contribution >= 0.6 is 11.8 Å². The van der Waals surface area contributed by atoms with Crippen LogP contribution in [-0.2, 0) is 17.2 Å². The summed E-state index contributed by atoms with van der Waals surface area (Å²) in [5, 5.41) is 5.41. The number of hydrogen-bond acceptors (Lipinski definition) is 3. The van der Waals surface area contributed by atoms with Gasteiger partial charge in [0.25, 0.3) is 0 Å². The number of nitrogens with one attached hydrogen (secondary N) is 2. The number of carbonyl (C=O) groups excluding carboxylic acids is 1. The Kier molecular flexibility index (Phi) is 7.59. The normalized spacial score (nSPS) is 11.9. The summed E-state index contributed by atoms with van der Waals surface area (Å²) < 4.78 is 10.8. The Morgan fingerprint density at radius 3 is 2.58 bits per heavy atom. The van der Waals surface area contributed by atoms with Crippen molar-refractivity contribution in [1.29, 1.82) is 0 Å². The van der Waals surface area contributed by atoms with Crippen LogP contribution in [0.3, 0.4) is 0 Å². The van der Waals surface area contributed by atoms with E-state index in [0.29, 0.717) is 12.3 Å². The molecule has 0 fully saturated rings. The van der Waals surface area contributed by atoms with Crippen LogP contribution in [0.1, 0.15) is 5.56 Å². The Balaban J connectivity index is 2.35. The summed E-state index contributed by atoms with van der Waals surface area (Å²) in [7, 11) is -0.879. The van der Waals surface area contributed by atoms with Gasteiger partial charge in [0.2, 0.25) is 0 Å². The molecule has 0 unspecified atom stereocenters. The number of amides is 2. The molecular weight excluding hydrogens is 280 g/mol. The molecule has 0 saturated carbocycles. The van der Waals surface area contributed by atoms with Gasteiger partial charge in [0, 0.05) is 35.0 Å². The lowest BCUT2D eigenvalue weighted by Crippen LogP contribution is -2.31. The quantitative estimate of drug-likeness (QED) is 0.810. The maximum absolute atomic E-state index is 11.5. The van der Waals surface area contributed by atoms with Crippen molar-refractivity contribution in [1.82, 2.24) is 5.32 Å². The molecule has 0 aromatic heterocycles. The van der Waals surface area contributed by atoms with E-state index in [2.05, 4.69) is 16.9 Å². The molecule has 0 spiro atoms. The summed E-state index contributed by atoms with van der Waals surface area (Å²) in [5.74, 6) is 1.57. The molecule has 19 heavy (non-hydrogen) atoms. The van der Waals surface area contributed by atoms with Gasteiger partial charge < -0.3 is 10.6 Å². The van der Waals surface area contributed by atoms with Crippen LogP contribution in [0.2, 0.25) is 0 Å². The Hall–Kier alpha value is -1.01. The highest BCUT2D eigenvalue weighted by Gasteiger charge is 2.01. The van der Waals surface area contributed by atoms with E-state index in [1.54, 1.807) is 6.26 Å². The lowest BCUT2D eigenvalue weighted by atomic mass is 10.1. The van der Waals surface area contributed by atoms with E-state index in [4.69, 9.17) is 0 Å². The molecule has 0 radical (unpaired) electrons. The Bertz CT molecular complexity index is 421. The molecule has 106 valence electrons. The van der Waals surface area contributed by atoms with Gasteiger partial charge in [-0.15, -0.1) is 0 Å². The summed E-state index contributed by atoms with van der Waals surface area (Å²) in [6.07, 6.45) is 4.74. The number of thioether (sulfide) groups is 1. The van der Waals surface area contributed by atoms with E-state index >= 15 is 0 Å². The van der Waals surface area contributed by atoms with E-state index in [-0.39, 0.29) is 6.03 Å². The van der Waals surface area contributed by atoms with Crippen LogP contribution in [0.5, 0.6) is 0 Å². The summed E-state index contributed by atoms with van der Waals surface area (Å²) in [6, 6.07) is 7.57. The van der Waals surface area contributed by atoms with Gasteiger partial charge in [0.15, 0.2) is 0 Å². The van der Waals surface area contributed by atoms with Gasteiger partial charge in [-0.1, -0.05) is 12.1 Å². The van der Waals surface area contributed by atoms with Crippen LogP contribution in [-0.4, -0.2) is 40.8 Å². The second kappa shape index (κ2) is 8.98. The van der Waals surface area contributed by atoms with Crippen LogP contribution in [0.15, 0.2) is 24.3 Å². The monoisotopic (exact) mass is 300 g/mol. The van der Waals surface area contributed by atoms with Crippen LogP contribution < -0.4 is 10.6 Å². The Morgan fingerprint density at radius 1 is 1.32 bits per heavy atom. The predicted octanol–water partition coefficient (Wildman–Crippen LogP) is 2.09. The second-order valence-electron chi connectivity index (χ2n) is 4.10. The molecular formula is C13H20N2O2S2. The minimum absolute atomic E-state index is 0.262. The van der Waals surface area contributed by atoms with Crippen molar-refractivity contribution in [2.75, 3.05) is 35.9 Å². The van der Waals surface area contributed by atoms with Crippen molar-refractivity contribution in [3.63, 3.8) is 0 Å². The minimum atomic E-state index is -0.879.